The lowest BCUT2D eigenvalue weighted by molar-refractivity contribution is 0.343. The maximum absolute atomic E-state index is 12.1. The topological polar surface area (TPSA) is 52.3 Å². The van der Waals surface area contributed by atoms with E-state index in [9.17, 15) is 4.21 Å². The number of ether oxygens (including phenoxy) is 1. The minimum absolute atomic E-state index is 0.431. The molecule has 2 N–H and O–H groups in total. The first-order chi connectivity index (χ1) is 10.0. The van der Waals surface area contributed by atoms with Gasteiger partial charge in [-0.2, -0.15) is 0 Å². The maximum Gasteiger partial charge on any atom is 0.121 e. The van der Waals surface area contributed by atoms with Crippen LogP contribution in [0.15, 0.2) is 42.5 Å². The van der Waals surface area contributed by atoms with Crippen LogP contribution in [0.25, 0.3) is 0 Å². The fourth-order valence-electron chi connectivity index (χ4n) is 2.27. The highest BCUT2D eigenvalue weighted by atomic mass is 32.2. The lowest BCUT2D eigenvalue weighted by atomic mass is 10.1. The van der Waals surface area contributed by atoms with E-state index in [-0.39, 0.29) is 0 Å². The van der Waals surface area contributed by atoms with Gasteiger partial charge in [0.2, 0.25) is 0 Å². The van der Waals surface area contributed by atoms with E-state index in [4.69, 9.17) is 10.5 Å². The summed E-state index contributed by atoms with van der Waals surface area (Å²) in [6, 6.07) is 13.6. The average Bonchev–Trinajstić information content (AvgIpc) is 2.37. The summed E-state index contributed by atoms with van der Waals surface area (Å²) < 4.78 is 17.7. The zero-order valence-corrected chi connectivity index (χ0v) is 13.3. The highest BCUT2D eigenvalue weighted by Crippen LogP contribution is 2.15. The Morgan fingerprint density at radius 2 is 1.81 bits per heavy atom. The normalized spacial score (nSPS) is 12.1. The first kappa shape index (κ1) is 15.6. The third-order valence-electron chi connectivity index (χ3n) is 3.05. The molecule has 0 aliphatic heterocycles. The molecule has 0 amide bonds. The van der Waals surface area contributed by atoms with E-state index < -0.39 is 10.8 Å². The third-order valence-corrected chi connectivity index (χ3v) is 4.32. The highest BCUT2D eigenvalue weighted by Gasteiger charge is 2.04. The summed E-state index contributed by atoms with van der Waals surface area (Å²) in [5, 5.41) is 0. The number of hydrogen-bond acceptors (Lipinski definition) is 3. The summed E-state index contributed by atoms with van der Waals surface area (Å²) >= 11 is 0. The SMILES string of the molecule is Cc1cc(C)cc(CS(=O)CCOc2cccc(N)c2)c1. The molecule has 21 heavy (non-hydrogen) atoms. The number of aryl methyl sites for hydroxylation is 2. The van der Waals surface area contributed by atoms with Crippen molar-refractivity contribution in [3.05, 3.63) is 59.2 Å². The molecule has 1 unspecified atom stereocenters. The number of rotatable bonds is 6. The molecule has 2 aromatic carbocycles. The summed E-state index contributed by atoms with van der Waals surface area (Å²) in [7, 11) is -0.923. The van der Waals surface area contributed by atoms with Gasteiger partial charge in [-0.25, -0.2) is 0 Å². The van der Waals surface area contributed by atoms with E-state index in [0.29, 0.717) is 23.8 Å². The molecule has 0 saturated heterocycles. The lowest BCUT2D eigenvalue weighted by Crippen LogP contribution is -2.10. The predicted octanol–water partition coefficient (Wildman–Crippen LogP) is 3.21. The summed E-state index contributed by atoms with van der Waals surface area (Å²) in [6.07, 6.45) is 0. The smallest absolute Gasteiger partial charge is 0.121 e. The third kappa shape index (κ3) is 5.23. The molecule has 0 bridgehead atoms. The van der Waals surface area contributed by atoms with Gasteiger partial charge in [0.25, 0.3) is 0 Å². The summed E-state index contributed by atoms with van der Waals surface area (Å²) in [5.74, 6) is 1.81. The second kappa shape index (κ2) is 7.27. The van der Waals surface area contributed by atoms with Crippen molar-refractivity contribution < 1.29 is 8.95 Å². The molecular formula is C17H21NO2S. The summed E-state index contributed by atoms with van der Waals surface area (Å²) in [6.45, 7) is 4.55. The lowest BCUT2D eigenvalue weighted by Gasteiger charge is -2.08. The Kier molecular flexibility index (Phi) is 5.39. The molecule has 0 fully saturated rings. The molecule has 3 nitrogen and oxygen atoms in total. The molecule has 0 spiro atoms. The quantitative estimate of drug-likeness (QED) is 0.834. The van der Waals surface area contributed by atoms with E-state index in [2.05, 4.69) is 32.0 Å². The molecule has 0 saturated carbocycles. The van der Waals surface area contributed by atoms with Crippen LogP contribution in [0.5, 0.6) is 5.75 Å². The summed E-state index contributed by atoms with van der Waals surface area (Å²) in [5.41, 5.74) is 9.88. The van der Waals surface area contributed by atoms with Gasteiger partial charge in [0.15, 0.2) is 0 Å². The Labute approximate surface area is 128 Å². The van der Waals surface area contributed by atoms with Crippen LogP contribution in [0.4, 0.5) is 5.69 Å². The van der Waals surface area contributed by atoms with Crippen molar-refractivity contribution >= 4 is 16.5 Å². The Balaban J connectivity index is 1.82. The minimum atomic E-state index is -0.923. The van der Waals surface area contributed by atoms with Crippen LogP contribution >= 0.6 is 0 Å². The van der Waals surface area contributed by atoms with Crippen LogP contribution in [0.1, 0.15) is 16.7 Å². The monoisotopic (exact) mass is 303 g/mol. The Hall–Kier alpha value is -1.81. The van der Waals surface area contributed by atoms with Crippen LogP contribution in [-0.4, -0.2) is 16.6 Å². The Morgan fingerprint density at radius 3 is 2.48 bits per heavy atom. The molecule has 4 heteroatoms. The van der Waals surface area contributed by atoms with Gasteiger partial charge in [-0.15, -0.1) is 0 Å². The van der Waals surface area contributed by atoms with Crippen molar-refractivity contribution in [1.82, 2.24) is 0 Å². The van der Waals surface area contributed by atoms with Crippen molar-refractivity contribution in [2.45, 2.75) is 19.6 Å². The zero-order chi connectivity index (χ0) is 15.2. The first-order valence-electron chi connectivity index (χ1n) is 6.93. The number of benzene rings is 2. The maximum atomic E-state index is 12.1. The fourth-order valence-corrected chi connectivity index (χ4v) is 3.22. The summed E-state index contributed by atoms with van der Waals surface area (Å²) in [4.78, 5) is 0. The Morgan fingerprint density at radius 1 is 1.10 bits per heavy atom. The molecule has 0 aliphatic carbocycles. The molecule has 1 atom stereocenters. The van der Waals surface area contributed by atoms with E-state index in [1.54, 1.807) is 6.07 Å². The van der Waals surface area contributed by atoms with Crippen LogP contribution in [0.3, 0.4) is 0 Å². The Bertz CT molecular complexity index is 620. The van der Waals surface area contributed by atoms with E-state index in [1.165, 1.54) is 11.1 Å². The van der Waals surface area contributed by atoms with Gasteiger partial charge in [0.1, 0.15) is 5.75 Å². The van der Waals surface area contributed by atoms with Crippen molar-refractivity contribution in [2.24, 2.45) is 0 Å². The van der Waals surface area contributed by atoms with Gasteiger partial charge in [-0.1, -0.05) is 35.4 Å². The van der Waals surface area contributed by atoms with Gasteiger partial charge in [0, 0.05) is 28.3 Å². The number of hydrogen-bond donors (Lipinski definition) is 1. The van der Waals surface area contributed by atoms with Crippen molar-refractivity contribution in [3.63, 3.8) is 0 Å². The second-order valence-electron chi connectivity index (χ2n) is 5.21. The second-order valence-corrected chi connectivity index (χ2v) is 6.78. The standard InChI is InChI=1S/C17H21NO2S/c1-13-8-14(2)10-15(9-13)12-21(19)7-6-20-17-5-3-4-16(18)11-17/h3-5,8-11H,6-7,12,18H2,1-2H3. The van der Waals surface area contributed by atoms with Crippen molar-refractivity contribution in [3.8, 4) is 5.75 Å². The van der Waals surface area contributed by atoms with Gasteiger partial charge in [-0.3, -0.25) is 4.21 Å². The first-order valence-corrected chi connectivity index (χ1v) is 8.42. The molecule has 0 aliphatic rings. The number of nitrogen functional groups attached to an aromatic ring is 1. The molecule has 0 aromatic heterocycles. The van der Waals surface area contributed by atoms with Crippen LogP contribution in [0.2, 0.25) is 0 Å². The van der Waals surface area contributed by atoms with Gasteiger partial charge < -0.3 is 10.5 Å². The minimum Gasteiger partial charge on any atom is -0.493 e. The predicted molar refractivity (Wildman–Crippen MR) is 89.0 cm³/mol. The highest BCUT2D eigenvalue weighted by molar-refractivity contribution is 7.84. The average molecular weight is 303 g/mol. The fraction of sp³-hybridized carbons (Fsp3) is 0.294. The van der Waals surface area contributed by atoms with Crippen LogP contribution < -0.4 is 10.5 Å². The van der Waals surface area contributed by atoms with Crippen molar-refractivity contribution in [2.75, 3.05) is 18.1 Å². The zero-order valence-electron chi connectivity index (χ0n) is 12.5. The molecular weight excluding hydrogens is 282 g/mol. The van der Waals surface area contributed by atoms with Gasteiger partial charge in [-0.05, 0) is 31.5 Å². The van der Waals surface area contributed by atoms with E-state index in [1.807, 2.05) is 18.2 Å². The molecule has 0 heterocycles. The van der Waals surface area contributed by atoms with E-state index >= 15 is 0 Å². The largest absolute Gasteiger partial charge is 0.493 e. The van der Waals surface area contributed by atoms with Gasteiger partial charge >= 0.3 is 0 Å². The molecule has 2 aromatic rings. The number of nitrogens with two attached hydrogens (primary N) is 1. The van der Waals surface area contributed by atoms with Crippen LogP contribution in [-0.2, 0) is 16.6 Å². The van der Waals surface area contributed by atoms with Crippen LogP contribution in [0, 0.1) is 13.8 Å². The number of anilines is 1. The van der Waals surface area contributed by atoms with Crippen molar-refractivity contribution in [1.29, 1.82) is 0 Å². The molecule has 2 rings (SSSR count). The van der Waals surface area contributed by atoms with Gasteiger partial charge in [0.05, 0.1) is 12.4 Å². The van der Waals surface area contributed by atoms with E-state index in [0.717, 1.165) is 11.3 Å². The molecule has 112 valence electrons. The molecule has 0 radical (unpaired) electrons.